The van der Waals surface area contributed by atoms with Crippen LogP contribution in [-0.2, 0) is 22.7 Å². The minimum Gasteiger partial charge on any atom is -0.336 e. The lowest BCUT2D eigenvalue weighted by molar-refractivity contribution is -0.137. The van der Waals surface area contributed by atoms with Crippen molar-refractivity contribution in [3.8, 4) is 0 Å². The summed E-state index contributed by atoms with van der Waals surface area (Å²) in [6, 6.07) is 11.5. The fourth-order valence-electron chi connectivity index (χ4n) is 3.56. The summed E-state index contributed by atoms with van der Waals surface area (Å²) in [5.74, 6) is -0.179. The van der Waals surface area contributed by atoms with Gasteiger partial charge in [-0.3, -0.25) is 14.4 Å². The molecule has 1 aliphatic heterocycles. The molecule has 0 radical (unpaired) electrons. The Morgan fingerprint density at radius 2 is 1.69 bits per heavy atom. The largest absolute Gasteiger partial charge is 0.416 e. The van der Waals surface area contributed by atoms with Gasteiger partial charge < -0.3 is 4.90 Å². The number of rotatable bonds is 7. The van der Waals surface area contributed by atoms with Crippen molar-refractivity contribution in [2.75, 3.05) is 36.7 Å². The van der Waals surface area contributed by atoms with E-state index in [4.69, 9.17) is 0 Å². The second-order valence-corrected chi connectivity index (χ2v) is 9.61. The van der Waals surface area contributed by atoms with E-state index >= 15 is 0 Å². The quantitative estimate of drug-likeness (QED) is 0.670. The van der Waals surface area contributed by atoms with Crippen LogP contribution in [0.1, 0.15) is 34.8 Å². The van der Waals surface area contributed by atoms with E-state index in [0.29, 0.717) is 50.4 Å². The number of hydrogen-bond acceptors (Lipinski definition) is 4. The Bertz CT molecular complexity index is 1030. The first kappa shape index (κ1) is 24.1. The maximum Gasteiger partial charge on any atom is 0.416 e. The molecule has 0 bridgehead atoms. The fourth-order valence-corrected chi connectivity index (χ4v) is 4.69. The van der Waals surface area contributed by atoms with Crippen molar-refractivity contribution in [2.24, 2.45) is 0 Å². The van der Waals surface area contributed by atoms with Gasteiger partial charge in [0, 0.05) is 44.0 Å². The van der Waals surface area contributed by atoms with Crippen LogP contribution in [0.3, 0.4) is 0 Å². The van der Waals surface area contributed by atoms with Crippen molar-refractivity contribution in [1.82, 2.24) is 9.80 Å². The Kier molecular flexibility index (Phi) is 7.45. The van der Waals surface area contributed by atoms with E-state index in [2.05, 4.69) is 9.62 Å². The highest BCUT2D eigenvalue weighted by atomic mass is 32.2. The molecule has 32 heavy (non-hydrogen) atoms. The number of piperazine rings is 1. The molecule has 2 aromatic rings. The monoisotopic (exact) mass is 469 g/mol. The van der Waals surface area contributed by atoms with Crippen LogP contribution in [0.5, 0.6) is 0 Å². The van der Waals surface area contributed by atoms with Crippen LogP contribution in [0.4, 0.5) is 18.9 Å². The van der Waals surface area contributed by atoms with Crippen molar-refractivity contribution >= 4 is 21.6 Å². The molecule has 0 unspecified atom stereocenters. The zero-order chi connectivity index (χ0) is 23.4. The standard InChI is InChI=1S/C22H26F3N3O3S/c1-2-14-32(30,31)26-20-5-3-4-18(15-20)21(29)28-12-10-27(11-13-28)16-17-6-8-19(9-7-17)22(23,24)25/h3-9,15,26H,2,10-14,16H2,1H3. The van der Waals surface area contributed by atoms with Crippen molar-refractivity contribution in [3.05, 3.63) is 65.2 Å². The van der Waals surface area contributed by atoms with Crippen molar-refractivity contribution in [1.29, 1.82) is 0 Å². The number of alkyl halides is 3. The molecule has 2 aromatic carbocycles. The zero-order valence-corrected chi connectivity index (χ0v) is 18.5. The Labute approximate surface area is 186 Å². The highest BCUT2D eigenvalue weighted by molar-refractivity contribution is 7.92. The number of carbonyl (C=O) groups is 1. The molecule has 10 heteroatoms. The van der Waals surface area contributed by atoms with Crippen LogP contribution >= 0.6 is 0 Å². The van der Waals surface area contributed by atoms with Crippen LogP contribution in [0.2, 0.25) is 0 Å². The van der Waals surface area contributed by atoms with Crippen molar-refractivity contribution < 1.29 is 26.4 Å². The third-order valence-electron chi connectivity index (χ3n) is 5.20. The number of benzene rings is 2. The van der Waals surface area contributed by atoms with E-state index in [0.717, 1.165) is 17.7 Å². The van der Waals surface area contributed by atoms with E-state index in [1.807, 2.05) is 0 Å². The third-order valence-corrected chi connectivity index (χ3v) is 6.70. The Hall–Kier alpha value is -2.59. The number of carbonyl (C=O) groups excluding carboxylic acids is 1. The molecule has 0 atom stereocenters. The van der Waals surface area contributed by atoms with Gasteiger partial charge in [-0.05, 0) is 42.3 Å². The van der Waals surface area contributed by atoms with Gasteiger partial charge in [-0.1, -0.05) is 25.1 Å². The summed E-state index contributed by atoms with van der Waals surface area (Å²) in [6.07, 6.45) is -3.86. The maximum absolute atomic E-state index is 12.9. The SMILES string of the molecule is CCCS(=O)(=O)Nc1cccc(C(=O)N2CCN(Cc3ccc(C(F)(F)F)cc3)CC2)c1. The molecule has 0 saturated carbocycles. The van der Waals surface area contributed by atoms with Gasteiger partial charge in [-0.15, -0.1) is 0 Å². The molecule has 1 N–H and O–H groups in total. The fraction of sp³-hybridized carbons (Fsp3) is 0.409. The van der Waals surface area contributed by atoms with E-state index in [9.17, 15) is 26.4 Å². The Morgan fingerprint density at radius 1 is 1.03 bits per heavy atom. The molecule has 1 amide bonds. The van der Waals surface area contributed by atoms with E-state index < -0.39 is 21.8 Å². The van der Waals surface area contributed by atoms with Crippen LogP contribution in [0.25, 0.3) is 0 Å². The van der Waals surface area contributed by atoms with E-state index in [-0.39, 0.29) is 11.7 Å². The molecular formula is C22H26F3N3O3S. The van der Waals surface area contributed by atoms with Crippen LogP contribution < -0.4 is 4.72 Å². The summed E-state index contributed by atoms with van der Waals surface area (Å²) >= 11 is 0. The summed E-state index contributed by atoms with van der Waals surface area (Å²) in [7, 11) is -3.44. The summed E-state index contributed by atoms with van der Waals surface area (Å²) in [5.41, 5.74) is 0.865. The Morgan fingerprint density at radius 3 is 2.28 bits per heavy atom. The lowest BCUT2D eigenvalue weighted by Crippen LogP contribution is -2.48. The minimum atomic E-state index is -4.35. The van der Waals surface area contributed by atoms with Crippen molar-refractivity contribution in [3.63, 3.8) is 0 Å². The third kappa shape index (κ3) is 6.46. The zero-order valence-electron chi connectivity index (χ0n) is 17.7. The first-order valence-corrected chi connectivity index (χ1v) is 12.0. The van der Waals surface area contributed by atoms with Crippen molar-refractivity contribution in [2.45, 2.75) is 26.1 Å². The van der Waals surface area contributed by atoms with Gasteiger partial charge in [0.05, 0.1) is 11.3 Å². The van der Waals surface area contributed by atoms with E-state index in [1.54, 1.807) is 30.0 Å². The summed E-state index contributed by atoms with van der Waals surface area (Å²) in [6.45, 7) is 4.42. The molecule has 174 valence electrons. The molecule has 1 heterocycles. The van der Waals surface area contributed by atoms with Gasteiger partial charge >= 0.3 is 6.18 Å². The van der Waals surface area contributed by atoms with Gasteiger partial charge in [0.15, 0.2) is 0 Å². The van der Waals surface area contributed by atoms with Crippen LogP contribution in [0.15, 0.2) is 48.5 Å². The first-order valence-electron chi connectivity index (χ1n) is 10.4. The number of hydrogen-bond donors (Lipinski definition) is 1. The molecule has 1 aliphatic rings. The normalized spacial score (nSPS) is 15.6. The van der Waals surface area contributed by atoms with Gasteiger partial charge in [0.2, 0.25) is 10.0 Å². The lowest BCUT2D eigenvalue weighted by Gasteiger charge is -2.35. The average molecular weight is 470 g/mol. The molecule has 0 spiro atoms. The second-order valence-electron chi connectivity index (χ2n) is 7.76. The highest BCUT2D eigenvalue weighted by Gasteiger charge is 2.30. The average Bonchev–Trinajstić information content (AvgIpc) is 2.73. The summed E-state index contributed by atoms with van der Waals surface area (Å²) in [4.78, 5) is 16.6. The highest BCUT2D eigenvalue weighted by Crippen LogP contribution is 2.29. The number of halogens is 3. The minimum absolute atomic E-state index is 0.00602. The molecule has 0 aliphatic carbocycles. The summed E-state index contributed by atoms with van der Waals surface area (Å²) in [5, 5.41) is 0. The smallest absolute Gasteiger partial charge is 0.336 e. The molecule has 0 aromatic heterocycles. The summed E-state index contributed by atoms with van der Waals surface area (Å²) < 4.78 is 64.5. The molecule has 6 nitrogen and oxygen atoms in total. The predicted molar refractivity (Wildman–Crippen MR) is 117 cm³/mol. The van der Waals surface area contributed by atoms with Crippen LogP contribution in [-0.4, -0.2) is 56.1 Å². The predicted octanol–water partition coefficient (Wildman–Crippen LogP) is 3.82. The number of anilines is 1. The van der Waals surface area contributed by atoms with E-state index in [1.165, 1.54) is 18.2 Å². The van der Waals surface area contributed by atoms with Gasteiger partial charge in [-0.25, -0.2) is 8.42 Å². The molecule has 1 fully saturated rings. The van der Waals surface area contributed by atoms with Gasteiger partial charge in [0.1, 0.15) is 0 Å². The Balaban J connectivity index is 1.56. The van der Waals surface area contributed by atoms with Gasteiger partial charge in [0.25, 0.3) is 5.91 Å². The molecule has 3 rings (SSSR count). The lowest BCUT2D eigenvalue weighted by atomic mass is 10.1. The second kappa shape index (κ2) is 9.91. The molecule has 1 saturated heterocycles. The topological polar surface area (TPSA) is 69.7 Å². The molecular weight excluding hydrogens is 443 g/mol. The van der Waals surface area contributed by atoms with Gasteiger partial charge in [-0.2, -0.15) is 13.2 Å². The number of nitrogens with one attached hydrogen (secondary N) is 1. The van der Waals surface area contributed by atoms with Crippen LogP contribution in [0, 0.1) is 0 Å². The number of amides is 1. The maximum atomic E-state index is 12.9. The number of sulfonamides is 1. The number of nitrogens with zero attached hydrogens (tertiary/aromatic N) is 2. The first-order chi connectivity index (χ1) is 15.1.